The van der Waals surface area contributed by atoms with E-state index in [9.17, 15) is 8.42 Å². The topological polar surface area (TPSA) is 75.4 Å². The number of sulfonamides is 1. The van der Waals surface area contributed by atoms with Gasteiger partial charge in [-0.3, -0.25) is 0 Å². The van der Waals surface area contributed by atoms with Crippen molar-refractivity contribution in [1.29, 1.82) is 0 Å². The molecule has 3 N–H and O–H groups in total. The summed E-state index contributed by atoms with van der Waals surface area (Å²) >= 11 is 0. The first-order chi connectivity index (χ1) is 5.97. The molecule has 1 aliphatic heterocycles. The molecule has 0 aromatic heterocycles. The zero-order valence-corrected chi connectivity index (χ0v) is 8.68. The first-order valence-corrected chi connectivity index (χ1v) is 6.29. The molecule has 13 heavy (non-hydrogen) atoms. The number of likely N-dealkylation sites (tertiary alicyclic amines) is 1. The predicted molar refractivity (Wildman–Crippen MR) is 51.9 cm³/mol. The lowest BCUT2D eigenvalue weighted by atomic mass is 10.3. The number of nitrogens with zero attached hydrogens (tertiary/aromatic N) is 1. The fraction of sp³-hybridized carbons (Fsp3) is 1.00. The van der Waals surface area contributed by atoms with Crippen molar-refractivity contribution < 1.29 is 8.42 Å². The Morgan fingerprint density at radius 1 is 1.62 bits per heavy atom. The van der Waals surface area contributed by atoms with E-state index in [1.54, 1.807) is 0 Å². The summed E-state index contributed by atoms with van der Waals surface area (Å²) in [4.78, 5) is 2.17. The van der Waals surface area contributed by atoms with E-state index < -0.39 is 10.0 Å². The standard InChI is InChI=1S/C7H17N3O2S/c1-13(11,12)9-3-5-10-4-2-7(8)6-10/h7,9H,2-6,8H2,1H3. The average molecular weight is 207 g/mol. The van der Waals surface area contributed by atoms with Gasteiger partial charge in [-0.05, 0) is 13.0 Å². The molecular formula is C7H17N3O2S. The third-order valence-corrected chi connectivity index (χ3v) is 2.83. The fourth-order valence-corrected chi connectivity index (χ4v) is 1.92. The zero-order chi connectivity index (χ0) is 9.90. The second-order valence-electron chi connectivity index (χ2n) is 3.52. The van der Waals surface area contributed by atoms with Crippen LogP contribution in [0.3, 0.4) is 0 Å². The number of rotatable bonds is 4. The molecule has 0 aromatic rings. The summed E-state index contributed by atoms with van der Waals surface area (Å²) in [6.07, 6.45) is 2.18. The van der Waals surface area contributed by atoms with Crippen molar-refractivity contribution in [1.82, 2.24) is 9.62 Å². The normalized spacial score (nSPS) is 25.2. The lowest BCUT2D eigenvalue weighted by Crippen LogP contribution is -2.34. The molecule has 0 saturated carbocycles. The second kappa shape index (κ2) is 4.36. The molecule has 0 radical (unpaired) electrons. The van der Waals surface area contributed by atoms with Crippen molar-refractivity contribution in [3.05, 3.63) is 0 Å². The predicted octanol–water partition coefficient (Wildman–Crippen LogP) is -1.43. The van der Waals surface area contributed by atoms with Gasteiger partial charge in [0.2, 0.25) is 10.0 Å². The van der Waals surface area contributed by atoms with E-state index in [0.29, 0.717) is 6.54 Å². The van der Waals surface area contributed by atoms with Crippen LogP contribution in [0.15, 0.2) is 0 Å². The molecule has 1 saturated heterocycles. The first kappa shape index (κ1) is 10.9. The molecule has 1 unspecified atom stereocenters. The Kier molecular flexibility index (Phi) is 3.66. The summed E-state index contributed by atoms with van der Waals surface area (Å²) in [5.41, 5.74) is 5.70. The van der Waals surface area contributed by atoms with Crippen LogP contribution in [0.25, 0.3) is 0 Å². The number of nitrogens with one attached hydrogen (secondary N) is 1. The number of hydrogen-bond acceptors (Lipinski definition) is 4. The van der Waals surface area contributed by atoms with E-state index >= 15 is 0 Å². The smallest absolute Gasteiger partial charge is 0.208 e. The van der Waals surface area contributed by atoms with Crippen LogP contribution >= 0.6 is 0 Å². The van der Waals surface area contributed by atoms with Gasteiger partial charge < -0.3 is 10.6 Å². The van der Waals surface area contributed by atoms with Crippen LogP contribution in [0.4, 0.5) is 0 Å². The molecule has 1 fully saturated rings. The maximum Gasteiger partial charge on any atom is 0.208 e. The molecule has 1 rings (SSSR count). The molecule has 1 aliphatic rings. The summed E-state index contributed by atoms with van der Waals surface area (Å²) in [6.45, 7) is 3.09. The highest BCUT2D eigenvalue weighted by Gasteiger charge is 2.18. The third kappa shape index (κ3) is 4.56. The molecular weight excluding hydrogens is 190 g/mol. The van der Waals surface area contributed by atoms with Gasteiger partial charge in [-0.15, -0.1) is 0 Å². The van der Waals surface area contributed by atoms with Crippen LogP contribution in [-0.2, 0) is 10.0 Å². The average Bonchev–Trinajstić information content (AvgIpc) is 2.33. The van der Waals surface area contributed by atoms with E-state index in [2.05, 4.69) is 9.62 Å². The largest absolute Gasteiger partial charge is 0.326 e. The van der Waals surface area contributed by atoms with Crippen LogP contribution in [-0.4, -0.2) is 51.8 Å². The van der Waals surface area contributed by atoms with Gasteiger partial charge in [0.25, 0.3) is 0 Å². The summed E-state index contributed by atoms with van der Waals surface area (Å²) in [5, 5.41) is 0. The van der Waals surface area contributed by atoms with E-state index in [-0.39, 0.29) is 6.04 Å². The van der Waals surface area contributed by atoms with Crippen LogP contribution in [0, 0.1) is 0 Å². The second-order valence-corrected chi connectivity index (χ2v) is 5.35. The Morgan fingerprint density at radius 3 is 2.77 bits per heavy atom. The van der Waals surface area contributed by atoms with Crippen LogP contribution in [0.2, 0.25) is 0 Å². The van der Waals surface area contributed by atoms with Crippen molar-refractivity contribution >= 4 is 10.0 Å². The summed E-state index contributed by atoms with van der Waals surface area (Å²) in [6, 6.07) is 0.262. The minimum atomic E-state index is -3.04. The van der Waals surface area contributed by atoms with Crippen LogP contribution in [0.1, 0.15) is 6.42 Å². The Hall–Kier alpha value is -0.170. The van der Waals surface area contributed by atoms with Gasteiger partial charge in [-0.2, -0.15) is 0 Å². The molecule has 0 aliphatic carbocycles. The third-order valence-electron chi connectivity index (χ3n) is 2.10. The fourth-order valence-electron chi connectivity index (χ4n) is 1.45. The zero-order valence-electron chi connectivity index (χ0n) is 7.86. The highest BCUT2D eigenvalue weighted by molar-refractivity contribution is 7.88. The molecule has 1 heterocycles. The summed E-state index contributed by atoms with van der Waals surface area (Å²) < 4.78 is 23.9. The van der Waals surface area contributed by atoms with Crippen molar-refractivity contribution in [3.8, 4) is 0 Å². The number of nitrogens with two attached hydrogens (primary N) is 1. The Morgan fingerprint density at radius 2 is 2.31 bits per heavy atom. The van der Waals surface area contributed by atoms with Crippen LogP contribution < -0.4 is 10.5 Å². The van der Waals surface area contributed by atoms with Crippen molar-refractivity contribution in [2.24, 2.45) is 5.73 Å². The van der Waals surface area contributed by atoms with Gasteiger partial charge in [0.05, 0.1) is 6.26 Å². The Balaban J connectivity index is 2.14. The lowest BCUT2D eigenvalue weighted by Gasteiger charge is -2.14. The monoisotopic (exact) mass is 207 g/mol. The van der Waals surface area contributed by atoms with E-state index in [1.807, 2.05) is 0 Å². The molecule has 5 nitrogen and oxygen atoms in total. The highest BCUT2D eigenvalue weighted by Crippen LogP contribution is 2.04. The van der Waals surface area contributed by atoms with Gasteiger partial charge in [0, 0.05) is 25.7 Å². The quantitative estimate of drug-likeness (QED) is 0.592. The molecule has 78 valence electrons. The molecule has 1 atom stereocenters. The van der Waals surface area contributed by atoms with Crippen LogP contribution in [0.5, 0.6) is 0 Å². The first-order valence-electron chi connectivity index (χ1n) is 4.40. The molecule has 6 heteroatoms. The highest BCUT2D eigenvalue weighted by atomic mass is 32.2. The molecule has 0 amide bonds. The maximum absolute atomic E-state index is 10.7. The van der Waals surface area contributed by atoms with E-state index in [0.717, 1.165) is 26.1 Å². The van der Waals surface area contributed by atoms with E-state index in [1.165, 1.54) is 6.26 Å². The van der Waals surface area contributed by atoms with Gasteiger partial charge in [0.15, 0.2) is 0 Å². The van der Waals surface area contributed by atoms with Crippen molar-refractivity contribution in [2.45, 2.75) is 12.5 Å². The Bertz CT molecular complexity index is 252. The molecule has 0 spiro atoms. The maximum atomic E-state index is 10.7. The SMILES string of the molecule is CS(=O)(=O)NCCN1CCC(N)C1. The Labute approximate surface area is 79.3 Å². The lowest BCUT2D eigenvalue weighted by molar-refractivity contribution is 0.339. The van der Waals surface area contributed by atoms with Crippen molar-refractivity contribution in [3.63, 3.8) is 0 Å². The van der Waals surface area contributed by atoms with Gasteiger partial charge in [0.1, 0.15) is 0 Å². The van der Waals surface area contributed by atoms with Gasteiger partial charge in [-0.1, -0.05) is 0 Å². The number of hydrogen-bond donors (Lipinski definition) is 2. The minimum Gasteiger partial charge on any atom is -0.326 e. The van der Waals surface area contributed by atoms with Gasteiger partial charge in [-0.25, -0.2) is 13.1 Å². The van der Waals surface area contributed by atoms with Crippen molar-refractivity contribution in [2.75, 3.05) is 32.4 Å². The molecule has 0 bridgehead atoms. The summed E-state index contributed by atoms with van der Waals surface area (Å²) in [7, 11) is -3.04. The summed E-state index contributed by atoms with van der Waals surface area (Å²) in [5.74, 6) is 0. The molecule has 0 aromatic carbocycles. The van der Waals surface area contributed by atoms with Gasteiger partial charge >= 0.3 is 0 Å². The minimum absolute atomic E-state index is 0.262. The van der Waals surface area contributed by atoms with E-state index in [4.69, 9.17) is 5.73 Å².